The molecule has 6 nitrogen and oxygen atoms in total. The van der Waals surface area contributed by atoms with Crippen LogP contribution in [0.1, 0.15) is 66.7 Å². The first kappa shape index (κ1) is 28.8. The molecule has 0 aliphatic carbocycles. The molecule has 176 valence electrons. The molecule has 0 aliphatic heterocycles. The lowest BCUT2D eigenvalue weighted by Gasteiger charge is -2.40. The Morgan fingerprint density at radius 2 is 0.862 bits per heavy atom. The van der Waals surface area contributed by atoms with Crippen molar-refractivity contribution in [2.24, 2.45) is 0 Å². The van der Waals surface area contributed by atoms with E-state index >= 15 is 0 Å². The highest BCUT2D eigenvalue weighted by Crippen LogP contribution is 2.14. The molecule has 0 radical (unpaired) electrons. The Bertz CT molecular complexity index is 313. The van der Waals surface area contributed by atoms with Crippen LogP contribution in [0.3, 0.4) is 0 Å². The van der Waals surface area contributed by atoms with Crippen molar-refractivity contribution in [3.8, 4) is 0 Å². The summed E-state index contributed by atoms with van der Waals surface area (Å²) in [5, 5.41) is 18.7. The fourth-order valence-electron chi connectivity index (χ4n) is 4.19. The minimum Gasteiger partial charge on any atom is -0.396 e. The van der Waals surface area contributed by atoms with Crippen LogP contribution in [0.25, 0.3) is 0 Å². The van der Waals surface area contributed by atoms with Gasteiger partial charge in [-0.05, 0) is 71.4 Å². The van der Waals surface area contributed by atoms with Gasteiger partial charge in [-0.25, -0.2) is 0 Å². The zero-order chi connectivity index (χ0) is 21.9. The molecule has 0 saturated heterocycles. The van der Waals surface area contributed by atoms with Crippen molar-refractivity contribution in [1.29, 1.82) is 0 Å². The van der Waals surface area contributed by atoms with Crippen LogP contribution in [0.2, 0.25) is 0 Å². The summed E-state index contributed by atoms with van der Waals surface area (Å²) in [7, 11) is 0. The Balaban J connectivity index is 5.06. The van der Waals surface area contributed by atoms with E-state index in [4.69, 9.17) is 0 Å². The van der Waals surface area contributed by atoms with Gasteiger partial charge in [0.15, 0.2) is 0 Å². The van der Waals surface area contributed by atoms with Gasteiger partial charge in [0.25, 0.3) is 0 Å². The summed E-state index contributed by atoms with van der Waals surface area (Å²) in [6, 6.07) is 0. The van der Waals surface area contributed by atoms with E-state index in [2.05, 4.69) is 54.2 Å². The Morgan fingerprint density at radius 3 is 1.14 bits per heavy atom. The number of aliphatic hydroxyl groups is 2. The molecule has 6 heteroatoms. The van der Waals surface area contributed by atoms with Crippen LogP contribution in [0, 0.1) is 0 Å². The summed E-state index contributed by atoms with van der Waals surface area (Å²) in [6.45, 7) is 22.5. The third kappa shape index (κ3) is 12.9. The highest BCUT2D eigenvalue weighted by atomic mass is 16.3. The maximum atomic E-state index is 9.35. The van der Waals surface area contributed by atoms with Gasteiger partial charge in [-0.15, -0.1) is 0 Å². The van der Waals surface area contributed by atoms with Crippen LogP contribution in [0.4, 0.5) is 0 Å². The minimum absolute atomic E-state index is 0.232. The van der Waals surface area contributed by atoms with Crippen LogP contribution in [-0.2, 0) is 0 Å². The first-order valence-electron chi connectivity index (χ1n) is 12.3. The van der Waals surface area contributed by atoms with E-state index in [0.29, 0.717) is 6.17 Å². The summed E-state index contributed by atoms with van der Waals surface area (Å²) in [5.41, 5.74) is 0. The molecular formula is C23H52N4O2. The van der Waals surface area contributed by atoms with Crippen molar-refractivity contribution in [2.75, 3.05) is 78.7 Å². The van der Waals surface area contributed by atoms with E-state index < -0.39 is 0 Å². The summed E-state index contributed by atoms with van der Waals surface area (Å²) >= 11 is 0. The van der Waals surface area contributed by atoms with Crippen LogP contribution >= 0.6 is 0 Å². The largest absolute Gasteiger partial charge is 0.396 e. The molecule has 0 aromatic carbocycles. The predicted octanol–water partition coefficient (Wildman–Crippen LogP) is 2.56. The minimum atomic E-state index is 0.232. The second kappa shape index (κ2) is 19.7. The highest BCUT2D eigenvalue weighted by Gasteiger charge is 2.23. The zero-order valence-electron chi connectivity index (χ0n) is 20.3. The Hall–Kier alpha value is -0.240. The van der Waals surface area contributed by atoms with Crippen LogP contribution < -0.4 is 0 Å². The number of hydrogen-bond acceptors (Lipinski definition) is 6. The molecule has 0 fully saturated rings. The van der Waals surface area contributed by atoms with Gasteiger partial charge in [-0.3, -0.25) is 9.80 Å². The smallest absolute Gasteiger partial charge is 0.0619 e. The fourth-order valence-corrected chi connectivity index (χ4v) is 4.19. The van der Waals surface area contributed by atoms with Crippen LogP contribution in [0.15, 0.2) is 0 Å². The van der Waals surface area contributed by atoms with Gasteiger partial charge in [0, 0.05) is 39.4 Å². The first-order valence-corrected chi connectivity index (χ1v) is 12.3. The number of aliphatic hydroxyl groups excluding tert-OH is 2. The molecule has 0 bridgehead atoms. The SMILES string of the molecule is CCC(N(CCCO)CCCO)N(CCCN(CC)CC)CCCN(CC)CC. The van der Waals surface area contributed by atoms with Crippen molar-refractivity contribution >= 4 is 0 Å². The molecule has 0 amide bonds. The van der Waals surface area contributed by atoms with Gasteiger partial charge < -0.3 is 20.0 Å². The molecule has 2 N–H and O–H groups in total. The van der Waals surface area contributed by atoms with Gasteiger partial charge in [0.1, 0.15) is 0 Å². The topological polar surface area (TPSA) is 53.4 Å². The van der Waals surface area contributed by atoms with Gasteiger partial charge in [-0.2, -0.15) is 0 Å². The number of hydrogen-bond donors (Lipinski definition) is 2. The van der Waals surface area contributed by atoms with E-state index in [0.717, 1.165) is 84.7 Å². The van der Waals surface area contributed by atoms with Crippen molar-refractivity contribution in [3.63, 3.8) is 0 Å². The normalized spacial score (nSPS) is 13.3. The quantitative estimate of drug-likeness (QED) is 0.281. The average Bonchev–Trinajstić information content (AvgIpc) is 2.75. The second-order valence-corrected chi connectivity index (χ2v) is 7.88. The summed E-state index contributed by atoms with van der Waals surface area (Å²) in [5.74, 6) is 0. The molecule has 0 saturated carbocycles. The highest BCUT2D eigenvalue weighted by molar-refractivity contribution is 4.74. The number of nitrogens with zero attached hydrogens (tertiary/aromatic N) is 4. The lowest BCUT2D eigenvalue weighted by Crippen LogP contribution is -2.50. The molecule has 0 aromatic rings. The summed E-state index contributed by atoms with van der Waals surface area (Å²) < 4.78 is 0. The van der Waals surface area contributed by atoms with E-state index in [1.807, 2.05) is 0 Å². The van der Waals surface area contributed by atoms with Gasteiger partial charge in [-0.1, -0.05) is 34.6 Å². The predicted molar refractivity (Wildman–Crippen MR) is 125 cm³/mol. The zero-order valence-corrected chi connectivity index (χ0v) is 20.3. The van der Waals surface area contributed by atoms with Crippen LogP contribution in [-0.4, -0.2) is 115 Å². The average molecular weight is 417 g/mol. The molecule has 0 spiro atoms. The summed E-state index contributed by atoms with van der Waals surface area (Å²) in [4.78, 5) is 10.2. The Morgan fingerprint density at radius 1 is 0.517 bits per heavy atom. The van der Waals surface area contributed by atoms with E-state index in [1.54, 1.807) is 0 Å². The van der Waals surface area contributed by atoms with E-state index in [1.165, 1.54) is 12.8 Å². The third-order valence-electron chi connectivity index (χ3n) is 6.04. The van der Waals surface area contributed by atoms with Crippen molar-refractivity contribution in [1.82, 2.24) is 19.6 Å². The van der Waals surface area contributed by atoms with Gasteiger partial charge in [0.05, 0.1) is 6.17 Å². The summed E-state index contributed by atoms with van der Waals surface area (Å²) in [6.07, 6.45) is 5.45. The van der Waals surface area contributed by atoms with E-state index in [9.17, 15) is 10.2 Å². The molecule has 0 heterocycles. The Labute approximate surface area is 181 Å². The van der Waals surface area contributed by atoms with Crippen molar-refractivity contribution in [3.05, 3.63) is 0 Å². The fraction of sp³-hybridized carbons (Fsp3) is 1.00. The van der Waals surface area contributed by atoms with Gasteiger partial charge >= 0.3 is 0 Å². The lowest BCUT2D eigenvalue weighted by molar-refractivity contribution is 0.0259. The Kier molecular flexibility index (Phi) is 19.5. The number of rotatable bonds is 21. The molecule has 0 rings (SSSR count). The molecule has 0 aliphatic rings. The first-order chi connectivity index (χ1) is 14.1. The molecular weight excluding hydrogens is 364 g/mol. The maximum Gasteiger partial charge on any atom is 0.0619 e. The van der Waals surface area contributed by atoms with E-state index in [-0.39, 0.29) is 13.2 Å². The molecule has 1 unspecified atom stereocenters. The monoisotopic (exact) mass is 416 g/mol. The third-order valence-corrected chi connectivity index (χ3v) is 6.04. The standard InChI is InChI=1S/C23H52N4O2/c1-6-23(27(19-13-21-28)20-14-22-29)26(17-11-15-24(7-2)8-3)18-12-16-25(9-4)10-5/h23,28-29H,6-22H2,1-5H3. The molecule has 0 aromatic heterocycles. The van der Waals surface area contributed by atoms with Gasteiger partial charge in [0.2, 0.25) is 0 Å². The maximum absolute atomic E-state index is 9.35. The molecule has 1 atom stereocenters. The molecule has 29 heavy (non-hydrogen) atoms. The second-order valence-electron chi connectivity index (χ2n) is 7.88. The van der Waals surface area contributed by atoms with Crippen molar-refractivity contribution < 1.29 is 10.2 Å². The van der Waals surface area contributed by atoms with Crippen LogP contribution in [0.5, 0.6) is 0 Å². The van der Waals surface area contributed by atoms with Crippen molar-refractivity contribution in [2.45, 2.75) is 72.9 Å². The lowest BCUT2D eigenvalue weighted by atomic mass is 10.2.